The lowest BCUT2D eigenvalue weighted by Crippen LogP contribution is -2.19. The van der Waals surface area contributed by atoms with Gasteiger partial charge in [0.25, 0.3) is 5.56 Å². The minimum Gasteiger partial charge on any atom is -0.462 e. The molecule has 2 heterocycles. The highest BCUT2D eigenvalue weighted by Crippen LogP contribution is 2.26. The fourth-order valence-electron chi connectivity index (χ4n) is 2.34. The summed E-state index contributed by atoms with van der Waals surface area (Å²) in [7, 11) is 0. The van der Waals surface area contributed by atoms with Crippen molar-refractivity contribution in [3.8, 4) is 5.00 Å². The van der Waals surface area contributed by atoms with Gasteiger partial charge >= 0.3 is 5.97 Å². The number of thiophene rings is 1. The topological polar surface area (TPSA) is 64.1 Å². The second-order valence-corrected chi connectivity index (χ2v) is 6.35. The molecular weight excluding hydrogens is 332 g/mol. The second-order valence-electron chi connectivity index (χ2n) is 4.93. The van der Waals surface area contributed by atoms with E-state index in [4.69, 9.17) is 17.0 Å². The maximum atomic E-state index is 12.7. The van der Waals surface area contributed by atoms with Gasteiger partial charge in [-0.3, -0.25) is 4.79 Å². The van der Waals surface area contributed by atoms with Crippen molar-refractivity contribution < 1.29 is 9.53 Å². The number of aromatic nitrogens is 2. The molecule has 1 N–H and O–H groups in total. The molecule has 0 saturated carbocycles. The van der Waals surface area contributed by atoms with Crippen LogP contribution in [0.2, 0.25) is 0 Å². The number of benzene rings is 1. The van der Waals surface area contributed by atoms with Crippen LogP contribution in [0.1, 0.15) is 22.2 Å². The fraction of sp³-hybridized carbons (Fsp3) is 0.188. The lowest BCUT2D eigenvalue weighted by molar-refractivity contribution is 0.0531. The van der Waals surface area contributed by atoms with Gasteiger partial charge in [0.2, 0.25) is 0 Å². The van der Waals surface area contributed by atoms with E-state index in [2.05, 4.69) is 4.98 Å². The Hall–Kier alpha value is -2.25. The summed E-state index contributed by atoms with van der Waals surface area (Å²) in [5.41, 5.74) is 1.25. The molecule has 0 aliphatic carbocycles. The molecule has 0 aliphatic rings. The van der Waals surface area contributed by atoms with E-state index in [-0.39, 0.29) is 11.5 Å². The number of aryl methyl sites for hydroxylation is 1. The van der Waals surface area contributed by atoms with Gasteiger partial charge in [0.1, 0.15) is 9.88 Å². The summed E-state index contributed by atoms with van der Waals surface area (Å²) in [6.07, 6.45) is 0. The van der Waals surface area contributed by atoms with E-state index in [1.165, 1.54) is 15.9 Å². The molecule has 0 atom stereocenters. The molecule has 5 nitrogen and oxygen atoms in total. The summed E-state index contributed by atoms with van der Waals surface area (Å²) in [6.45, 7) is 3.87. The van der Waals surface area contributed by atoms with Gasteiger partial charge in [0.05, 0.1) is 17.5 Å². The third-order valence-electron chi connectivity index (χ3n) is 3.39. The standard InChI is InChI=1S/C16H14N2O3S2/c1-3-21-15(20)13-9(2)8-12(23-13)18-14(19)10-6-4-5-7-11(10)17-16(18)22/h4-8H,3H2,1-2H3,(H,17,22). The number of esters is 1. The molecule has 0 radical (unpaired) electrons. The van der Waals surface area contributed by atoms with Crippen molar-refractivity contribution in [1.29, 1.82) is 0 Å². The average molecular weight is 346 g/mol. The molecule has 7 heteroatoms. The second kappa shape index (κ2) is 6.10. The van der Waals surface area contributed by atoms with Gasteiger partial charge in [-0.1, -0.05) is 12.1 Å². The first-order valence-electron chi connectivity index (χ1n) is 7.05. The van der Waals surface area contributed by atoms with Crippen molar-refractivity contribution in [2.75, 3.05) is 6.61 Å². The molecule has 3 rings (SSSR count). The SMILES string of the molecule is CCOC(=O)c1sc(-n2c(=S)[nH]c3ccccc3c2=O)cc1C. The molecule has 0 saturated heterocycles. The molecule has 2 aromatic heterocycles. The number of carbonyl (C=O) groups is 1. The van der Waals surface area contributed by atoms with Gasteiger partial charge in [-0.2, -0.15) is 0 Å². The zero-order valence-corrected chi connectivity index (χ0v) is 14.2. The Bertz CT molecular complexity index is 1010. The summed E-state index contributed by atoms with van der Waals surface area (Å²) in [4.78, 5) is 28.2. The normalized spacial score (nSPS) is 10.9. The highest BCUT2D eigenvalue weighted by molar-refractivity contribution is 7.71. The number of ether oxygens (including phenoxy) is 1. The summed E-state index contributed by atoms with van der Waals surface area (Å²) in [6, 6.07) is 8.96. The maximum Gasteiger partial charge on any atom is 0.348 e. The largest absolute Gasteiger partial charge is 0.462 e. The van der Waals surface area contributed by atoms with E-state index in [1.54, 1.807) is 31.2 Å². The molecule has 0 bridgehead atoms. The predicted octanol–water partition coefficient (Wildman–Crippen LogP) is 3.59. The number of rotatable bonds is 3. The van der Waals surface area contributed by atoms with Gasteiger partial charge in [0, 0.05) is 0 Å². The third kappa shape index (κ3) is 2.73. The van der Waals surface area contributed by atoms with E-state index in [0.717, 1.165) is 5.56 Å². The number of H-pyrrole nitrogens is 1. The van der Waals surface area contributed by atoms with E-state index >= 15 is 0 Å². The first-order chi connectivity index (χ1) is 11.0. The van der Waals surface area contributed by atoms with Gasteiger partial charge in [-0.25, -0.2) is 9.36 Å². The zero-order chi connectivity index (χ0) is 16.6. The monoisotopic (exact) mass is 346 g/mol. The Balaban J connectivity index is 2.22. The Kier molecular flexibility index (Phi) is 4.14. The minimum atomic E-state index is -0.384. The molecule has 0 aliphatic heterocycles. The Morgan fingerprint density at radius 3 is 2.87 bits per heavy atom. The molecule has 0 unspecified atom stereocenters. The van der Waals surface area contributed by atoms with Crippen molar-refractivity contribution in [1.82, 2.24) is 9.55 Å². The van der Waals surface area contributed by atoms with Crippen molar-refractivity contribution >= 4 is 40.4 Å². The third-order valence-corrected chi connectivity index (χ3v) is 4.88. The van der Waals surface area contributed by atoms with Crippen LogP contribution in [0.15, 0.2) is 35.1 Å². The molecule has 3 aromatic rings. The first kappa shape index (κ1) is 15.6. The summed E-state index contributed by atoms with van der Waals surface area (Å²) < 4.78 is 6.75. The van der Waals surface area contributed by atoms with Crippen LogP contribution in [0, 0.1) is 11.7 Å². The van der Waals surface area contributed by atoms with Crippen LogP contribution >= 0.6 is 23.6 Å². The predicted molar refractivity (Wildman–Crippen MR) is 93.3 cm³/mol. The van der Waals surface area contributed by atoms with Crippen molar-refractivity contribution in [2.45, 2.75) is 13.8 Å². The van der Waals surface area contributed by atoms with Crippen LogP contribution in [0.4, 0.5) is 0 Å². The van der Waals surface area contributed by atoms with Gasteiger partial charge in [0.15, 0.2) is 4.77 Å². The van der Waals surface area contributed by atoms with Gasteiger partial charge in [-0.05, 0) is 49.8 Å². The number of hydrogen-bond donors (Lipinski definition) is 1. The fourth-order valence-corrected chi connectivity index (χ4v) is 3.76. The lowest BCUT2D eigenvalue weighted by Gasteiger charge is -2.05. The number of carbonyl (C=O) groups excluding carboxylic acids is 1. The first-order valence-corrected chi connectivity index (χ1v) is 8.27. The average Bonchev–Trinajstić information content (AvgIpc) is 2.89. The van der Waals surface area contributed by atoms with Crippen LogP contribution in [0.5, 0.6) is 0 Å². The number of nitrogens with one attached hydrogen (secondary N) is 1. The number of hydrogen-bond acceptors (Lipinski definition) is 5. The number of nitrogens with zero attached hydrogens (tertiary/aromatic N) is 1. The van der Waals surface area contributed by atoms with E-state index in [1.807, 2.05) is 13.0 Å². The van der Waals surface area contributed by atoms with Gasteiger partial charge in [-0.15, -0.1) is 11.3 Å². The molecule has 0 spiro atoms. The van der Waals surface area contributed by atoms with Crippen LogP contribution in [-0.4, -0.2) is 22.1 Å². The maximum absolute atomic E-state index is 12.7. The van der Waals surface area contributed by atoms with Gasteiger partial charge < -0.3 is 9.72 Å². The van der Waals surface area contributed by atoms with Crippen LogP contribution in [0.3, 0.4) is 0 Å². The van der Waals surface area contributed by atoms with Crippen molar-refractivity contribution in [2.24, 2.45) is 0 Å². The van der Waals surface area contributed by atoms with E-state index < -0.39 is 0 Å². The van der Waals surface area contributed by atoms with Crippen LogP contribution in [0.25, 0.3) is 15.9 Å². The quantitative estimate of drug-likeness (QED) is 0.581. The number of fused-ring (bicyclic) bond motifs is 1. The minimum absolute atomic E-state index is 0.207. The smallest absolute Gasteiger partial charge is 0.348 e. The number of para-hydroxylation sites is 1. The summed E-state index contributed by atoms with van der Waals surface area (Å²) >= 11 is 6.52. The van der Waals surface area contributed by atoms with E-state index in [0.29, 0.717) is 32.2 Å². The lowest BCUT2D eigenvalue weighted by atomic mass is 10.2. The Labute approximate surface area is 141 Å². The van der Waals surface area contributed by atoms with Crippen molar-refractivity contribution in [3.05, 3.63) is 55.9 Å². The molecule has 23 heavy (non-hydrogen) atoms. The Morgan fingerprint density at radius 2 is 2.13 bits per heavy atom. The molecule has 0 fully saturated rings. The zero-order valence-electron chi connectivity index (χ0n) is 12.6. The summed E-state index contributed by atoms with van der Waals surface area (Å²) in [5, 5.41) is 1.15. The molecular formula is C16H14N2O3S2. The molecule has 118 valence electrons. The summed E-state index contributed by atoms with van der Waals surface area (Å²) in [5.74, 6) is -0.384. The van der Waals surface area contributed by atoms with Crippen LogP contribution in [-0.2, 0) is 4.74 Å². The highest BCUT2D eigenvalue weighted by atomic mass is 32.1. The Morgan fingerprint density at radius 1 is 1.39 bits per heavy atom. The molecule has 0 amide bonds. The van der Waals surface area contributed by atoms with E-state index in [9.17, 15) is 9.59 Å². The van der Waals surface area contributed by atoms with Crippen molar-refractivity contribution in [3.63, 3.8) is 0 Å². The highest BCUT2D eigenvalue weighted by Gasteiger charge is 2.17. The van der Waals surface area contributed by atoms with Crippen LogP contribution < -0.4 is 5.56 Å². The number of aromatic amines is 1. The molecule has 1 aromatic carbocycles.